The summed E-state index contributed by atoms with van der Waals surface area (Å²) in [7, 11) is 0. The second-order valence-electron chi connectivity index (χ2n) is 11.1. The van der Waals surface area contributed by atoms with Crippen molar-refractivity contribution in [3.05, 3.63) is 35.9 Å². The Labute approximate surface area is 199 Å². The summed E-state index contributed by atoms with van der Waals surface area (Å²) in [5.41, 5.74) is 0.521. The molecule has 4 bridgehead atoms. The predicted octanol–water partition coefficient (Wildman–Crippen LogP) is 5.67. The van der Waals surface area contributed by atoms with Gasteiger partial charge in [0.25, 0.3) is 0 Å². The first-order chi connectivity index (χ1) is 16.0. The number of halogens is 3. The fourth-order valence-corrected chi connectivity index (χ4v) is 6.98. The van der Waals surface area contributed by atoms with Crippen LogP contribution in [0.5, 0.6) is 0 Å². The molecule has 4 nitrogen and oxygen atoms in total. The number of rotatable bonds is 9. The van der Waals surface area contributed by atoms with Crippen LogP contribution in [0.2, 0.25) is 0 Å². The summed E-state index contributed by atoms with van der Waals surface area (Å²) in [6, 6.07) is 7.52. The zero-order valence-corrected chi connectivity index (χ0v) is 19.8. The van der Waals surface area contributed by atoms with Crippen LogP contribution in [0.3, 0.4) is 0 Å². The molecule has 186 valence electrons. The lowest BCUT2D eigenvalue weighted by Gasteiger charge is -2.54. The molecule has 1 amide bonds. The Hall–Kier alpha value is -2.18. The SMILES string of the molecule is CC(C)[C@H](CC(=O)[C@@H](NC(=O)CC1C2CC3CC(C2)CC1C3)c1ccccc1)C(=O)C(F)(F)F. The highest BCUT2D eigenvalue weighted by molar-refractivity contribution is 5.95. The van der Waals surface area contributed by atoms with Gasteiger partial charge in [0.05, 0.1) is 0 Å². The lowest BCUT2D eigenvalue weighted by atomic mass is 9.51. The van der Waals surface area contributed by atoms with E-state index in [1.54, 1.807) is 30.3 Å². The average molecular weight is 478 g/mol. The number of carbonyl (C=O) groups excluding carboxylic acids is 3. The van der Waals surface area contributed by atoms with E-state index in [9.17, 15) is 27.6 Å². The Bertz CT molecular complexity index is 883. The first-order valence-corrected chi connectivity index (χ1v) is 12.5. The minimum absolute atomic E-state index is 0.233. The Kier molecular flexibility index (Phi) is 7.20. The Balaban J connectivity index is 1.47. The lowest BCUT2D eigenvalue weighted by Crippen LogP contribution is -2.47. The molecule has 1 N–H and O–H groups in total. The van der Waals surface area contributed by atoms with E-state index >= 15 is 0 Å². The van der Waals surface area contributed by atoms with Gasteiger partial charge in [0.1, 0.15) is 6.04 Å². The number of hydrogen-bond donors (Lipinski definition) is 1. The van der Waals surface area contributed by atoms with Crippen LogP contribution >= 0.6 is 0 Å². The van der Waals surface area contributed by atoms with E-state index in [-0.39, 0.29) is 5.91 Å². The summed E-state index contributed by atoms with van der Waals surface area (Å²) in [6.45, 7) is 3.01. The van der Waals surface area contributed by atoms with Gasteiger partial charge in [-0.05, 0) is 73.2 Å². The van der Waals surface area contributed by atoms with Crippen LogP contribution < -0.4 is 5.32 Å². The third-order valence-electron chi connectivity index (χ3n) is 8.45. The zero-order chi connectivity index (χ0) is 24.6. The molecular weight excluding hydrogens is 443 g/mol. The van der Waals surface area contributed by atoms with E-state index in [1.807, 2.05) is 0 Å². The van der Waals surface area contributed by atoms with Gasteiger partial charge in [-0.1, -0.05) is 44.2 Å². The van der Waals surface area contributed by atoms with E-state index in [1.165, 1.54) is 46.0 Å². The molecule has 2 atom stereocenters. The Morgan fingerprint density at radius 3 is 2.00 bits per heavy atom. The van der Waals surface area contributed by atoms with Gasteiger partial charge in [-0.2, -0.15) is 13.2 Å². The number of ketones is 2. The number of amides is 1. The maximum absolute atomic E-state index is 13.2. The van der Waals surface area contributed by atoms with Crippen molar-refractivity contribution in [3.63, 3.8) is 0 Å². The van der Waals surface area contributed by atoms with Gasteiger partial charge in [-0.3, -0.25) is 14.4 Å². The fourth-order valence-electron chi connectivity index (χ4n) is 6.98. The second kappa shape index (κ2) is 9.82. The van der Waals surface area contributed by atoms with Gasteiger partial charge in [0, 0.05) is 18.8 Å². The molecule has 4 saturated carbocycles. The maximum atomic E-state index is 13.2. The molecule has 0 spiro atoms. The summed E-state index contributed by atoms with van der Waals surface area (Å²) in [4.78, 5) is 38.3. The quantitative estimate of drug-likeness (QED) is 0.499. The van der Waals surface area contributed by atoms with Gasteiger partial charge in [0.2, 0.25) is 11.7 Å². The molecule has 1 aromatic rings. The standard InChI is InChI=1S/C27H34F3NO3/c1-15(2)21(26(34)27(28,29)30)13-23(32)25(18-6-4-3-5-7-18)31-24(33)14-22-19-9-16-8-17(11-19)12-20(22)10-16/h3-7,15-17,19-22,25H,8-14H2,1-2H3,(H,31,33)/t16?,17?,19?,20?,21-,22?,25-/m0/s1. The van der Waals surface area contributed by atoms with Gasteiger partial charge in [0.15, 0.2) is 5.78 Å². The fraction of sp³-hybridized carbons (Fsp3) is 0.667. The number of carbonyl (C=O) groups is 3. The number of benzene rings is 1. The van der Waals surface area contributed by atoms with Crippen molar-refractivity contribution in [2.24, 2.45) is 41.4 Å². The number of nitrogens with one attached hydrogen (secondary N) is 1. The highest BCUT2D eigenvalue weighted by Gasteiger charge is 2.49. The molecule has 0 aromatic heterocycles. The first kappa shape index (κ1) is 24.9. The van der Waals surface area contributed by atoms with Gasteiger partial charge >= 0.3 is 6.18 Å². The molecule has 7 heteroatoms. The van der Waals surface area contributed by atoms with Gasteiger partial charge in [-0.15, -0.1) is 0 Å². The van der Waals surface area contributed by atoms with Crippen molar-refractivity contribution in [1.29, 1.82) is 0 Å². The van der Waals surface area contributed by atoms with Gasteiger partial charge < -0.3 is 5.32 Å². The van der Waals surface area contributed by atoms with Crippen LogP contribution in [0.25, 0.3) is 0 Å². The Morgan fingerprint density at radius 1 is 0.941 bits per heavy atom. The minimum atomic E-state index is -5.00. The van der Waals surface area contributed by atoms with Crippen LogP contribution in [-0.2, 0) is 14.4 Å². The Morgan fingerprint density at radius 2 is 1.50 bits per heavy atom. The highest BCUT2D eigenvalue weighted by atomic mass is 19.4. The third kappa shape index (κ3) is 5.38. The largest absolute Gasteiger partial charge is 0.450 e. The van der Waals surface area contributed by atoms with Crippen LogP contribution in [0, 0.1) is 41.4 Å². The second-order valence-corrected chi connectivity index (χ2v) is 11.1. The first-order valence-electron chi connectivity index (χ1n) is 12.5. The summed E-state index contributed by atoms with van der Waals surface area (Å²) in [5, 5.41) is 2.83. The lowest BCUT2D eigenvalue weighted by molar-refractivity contribution is -0.177. The van der Waals surface area contributed by atoms with Crippen molar-refractivity contribution in [3.8, 4) is 0 Å². The normalized spacial score (nSPS) is 29.6. The van der Waals surface area contributed by atoms with Crippen molar-refractivity contribution in [1.82, 2.24) is 5.32 Å². The zero-order valence-electron chi connectivity index (χ0n) is 19.8. The average Bonchev–Trinajstić information content (AvgIpc) is 2.77. The topological polar surface area (TPSA) is 63.2 Å². The van der Waals surface area contributed by atoms with E-state index in [4.69, 9.17) is 0 Å². The molecule has 0 radical (unpaired) electrons. The maximum Gasteiger partial charge on any atom is 0.450 e. The summed E-state index contributed by atoms with van der Waals surface area (Å²) in [5.74, 6) is -1.80. The third-order valence-corrected chi connectivity index (χ3v) is 8.45. The van der Waals surface area contributed by atoms with Crippen LogP contribution in [0.1, 0.15) is 70.4 Å². The molecule has 4 aliphatic rings. The van der Waals surface area contributed by atoms with E-state index in [0.717, 1.165) is 11.8 Å². The van der Waals surface area contributed by atoms with Crippen LogP contribution in [0.15, 0.2) is 30.3 Å². The van der Waals surface area contributed by atoms with Crippen molar-refractivity contribution in [2.75, 3.05) is 0 Å². The summed E-state index contributed by atoms with van der Waals surface area (Å²) < 4.78 is 39.4. The summed E-state index contributed by atoms with van der Waals surface area (Å²) >= 11 is 0. The molecule has 0 saturated heterocycles. The molecule has 4 aliphatic carbocycles. The monoisotopic (exact) mass is 477 g/mol. The molecule has 4 fully saturated rings. The molecule has 0 heterocycles. The molecule has 34 heavy (non-hydrogen) atoms. The van der Waals surface area contributed by atoms with Crippen molar-refractivity contribution in [2.45, 2.75) is 71.0 Å². The summed E-state index contributed by atoms with van der Waals surface area (Å²) in [6.07, 6.45) is 0.838. The molecule has 5 rings (SSSR count). The smallest absolute Gasteiger partial charge is 0.342 e. The van der Waals surface area contributed by atoms with E-state index < -0.39 is 42.0 Å². The van der Waals surface area contributed by atoms with Crippen molar-refractivity contribution < 1.29 is 27.6 Å². The predicted molar refractivity (Wildman–Crippen MR) is 121 cm³/mol. The number of hydrogen-bond acceptors (Lipinski definition) is 3. The van der Waals surface area contributed by atoms with Crippen LogP contribution in [0.4, 0.5) is 13.2 Å². The molecule has 1 aromatic carbocycles. The molecule has 0 unspecified atom stereocenters. The molecule has 0 aliphatic heterocycles. The van der Waals surface area contributed by atoms with Crippen molar-refractivity contribution >= 4 is 17.5 Å². The number of alkyl halides is 3. The highest BCUT2D eigenvalue weighted by Crippen LogP contribution is 2.57. The number of Topliss-reactive ketones (excluding diaryl/α,β-unsaturated/α-hetero) is 2. The van der Waals surface area contributed by atoms with Gasteiger partial charge in [-0.25, -0.2) is 0 Å². The molecular formula is C27H34F3NO3. The van der Waals surface area contributed by atoms with E-state index in [0.29, 0.717) is 29.7 Å². The van der Waals surface area contributed by atoms with Crippen LogP contribution in [-0.4, -0.2) is 23.6 Å². The minimum Gasteiger partial charge on any atom is -0.342 e. The van der Waals surface area contributed by atoms with E-state index in [2.05, 4.69) is 5.32 Å².